The van der Waals surface area contributed by atoms with Crippen LogP contribution in [-0.4, -0.2) is 19.5 Å². The van der Waals surface area contributed by atoms with Gasteiger partial charge in [-0.1, -0.05) is 17.8 Å². The molecule has 0 bridgehead atoms. The molecule has 17 heavy (non-hydrogen) atoms. The summed E-state index contributed by atoms with van der Waals surface area (Å²) in [6, 6.07) is 5.15. The largest absolute Gasteiger partial charge is 0.379 e. The van der Waals surface area contributed by atoms with E-state index in [9.17, 15) is 10.1 Å². The second kappa shape index (κ2) is 4.42. The zero-order chi connectivity index (χ0) is 12.4. The monoisotopic (exact) mass is 251 g/mol. The number of aromatic nitrogens is 2. The third-order valence-electron chi connectivity index (χ3n) is 2.11. The van der Waals surface area contributed by atoms with E-state index in [0.29, 0.717) is 11.3 Å². The van der Waals surface area contributed by atoms with Crippen molar-refractivity contribution in [2.45, 2.75) is 5.75 Å². The summed E-state index contributed by atoms with van der Waals surface area (Å²) in [7, 11) is 0. The Balaban J connectivity index is 2.50. The maximum absolute atomic E-state index is 11.0. The Morgan fingerprint density at radius 2 is 2.41 bits per heavy atom. The Hall–Kier alpha value is -2.09. The first-order valence-corrected chi connectivity index (χ1v) is 5.65. The molecular formula is C9H9N5O2S. The lowest BCUT2D eigenvalue weighted by molar-refractivity contribution is -0.391. The van der Waals surface area contributed by atoms with Gasteiger partial charge >= 0.3 is 5.82 Å². The van der Waals surface area contributed by atoms with Crippen molar-refractivity contribution < 1.29 is 4.92 Å². The highest BCUT2D eigenvalue weighted by atomic mass is 32.2. The van der Waals surface area contributed by atoms with E-state index in [-0.39, 0.29) is 16.7 Å². The van der Waals surface area contributed by atoms with Crippen LogP contribution < -0.4 is 5.73 Å². The van der Waals surface area contributed by atoms with Gasteiger partial charge < -0.3 is 15.8 Å². The fourth-order valence-electron chi connectivity index (χ4n) is 1.47. The molecule has 8 heteroatoms. The third kappa shape index (κ3) is 2.21. The zero-order valence-corrected chi connectivity index (χ0v) is 9.48. The Morgan fingerprint density at radius 1 is 1.65 bits per heavy atom. The van der Waals surface area contributed by atoms with Crippen molar-refractivity contribution in [2.24, 2.45) is 5.73 Å². The van der Waals surface area contributed by atoms with Gasteiger partial charge in [0.25, 0.3) is 0 Å². The molecule has 3 N–H and O–H groups in total. The number of nitrogens with one attached hydrogen (secondary N) is 1. The molecule has 88 valence electrons. The number of amidine groups is 1. The minimum Gasteiger partial charge on any atom is -0.379 e. The quantitative estimate of drug-likeness (QED) is 0.370. The minimum absolute atomic E-state index is 0.0747. The second-order valence-electron chi connectivity index (χ2n) is 3.22. The molecule has 0 saturated heterocycles. The van der Waals surface area contributed by atoms with Gasteiger partial charge in [0.15, 0.2) is 5.17 Å². The maximum Gasteiger partial charge on any atom is 0.351 e. The summed E-state index contributed by atoms with van der Waals surface area (Å²) in [5, 5.41) is 18.0. The molecule has 0 atom stereocenters. The standard InChI is InChI=1S/C9H9N5O2S/c10-9(11)17-5-6-8(14(15)16)13-4-2-1-3-7(13)12-6/h1-4H,5H2,(H3,10,11). The first-order chi connectivity index (χ1) is 8.09. The molecule has 0 aliphatic rings. The molecule has 2 rings (SSSR count). The Morgan fingerprint density at radius 3 is 3.06 bits per heavy atom. The normalized spacial score (nSPS) is 10.6. The summed E-state index contributed by atoms with van der Waals surface area (Å²) >= 11 is 1.01. The molecular weight excluding hydrogens is 242 g/mol. The second-order valence-corrected chi connectivity index (χ2v) is 4.24. The number of nitro groups is 1. The summed E-state index contributed by atoms with van der Waals surface area (Å²) < 4.78 is 1.41. The van der Waals surface area contributed by atoms with Crippen molar-refractivity contribution in [3.05, 3.63) is 40.2 Å². The molecule has 0 aliphatic carbocycles. The van der Waals surface area contributed by atoms with E-state index in [1.165, 1.54) is 4.40 Å². The lowest BCUT2D eigenvalue weighted by Crippen LogP contribution is -2.04. The molecule has 2 aromatic rings. The van der Waals surface area contributed by atoms with Gasteiger partial charge in [0, 0.05) is 6.07 Å². The molecule has 0 spiro atoms. The van der Waals surface area contributed by atoms with Gasteiger partial charge in [-0.05, 0) is 11.0 Å². The molecule has 0 aromatic carbocycles. The molecule has 0 amide bonds. The SMILES string of the molecule is N=C(N)SCc1nc2ccccn2c1[N+](=O)[O-]. The molecule has 7 nitrogen and oxygen atoms in total. The van der Waals surface area contributed by atoms with E-state index in [0.717, 1.165) is 11.8 Å². The predicted octanol–water partition coefficient (Wildman–Crippen LogP) is 1.37. The molecule has 0 radical (unpaired) electrons. The average Bonchev–Trinajstić information content (AvgIpc) is 2.64. The van der Waals surface area contributed by atoms with Crippen molar-refractivity contribution in [2.75, 3.05) is 0 Å². The van der Waals surface area contributed by atoms with E-state index in [4.69, 9.17) is 11.1 Å². The van der Waals surface area contributed by atoms with Crippen molar-refractivity contribution in [3.8, 4) is 0 Å². The van der Waals surface area contributed by atoms with Crippen LogP contribution in [0.5, 0.6) is 0 Å². The van der Waals surface area contributed by atoms with Crippen molar-refractivity contribution >= 4 is 28.4 Å². The summed E-state index contributed by atoms with van der Waals surface area (Å²) in [5.41, 5.74) is 6.04. The highest BCUT2D eigenvalue weighted by Crippen LogP contribution is 2.24. The van der Waals surface area contributed by atoms with E-state index >= 15 is 0 Å². The van der Waals surface area contributed by atoms with Gasteiger partial charge in [-0.3, -0.25) is 5.41 Å². The van der Waals surface area contributed by atoms with Crippen molar-refractivity contribution in [3.63, 3.8) is 0 Å². The lowest BCUT2D eigenvalue weighted by Gasteiger charge is -1.97. The topological polar surface area (TPSA) is 110 Å². The number of thioether (sulfide) groups is 1. The molecule has 0 aliphatic heterocycles. The number of pyridine rings is 1. The number of imidazole rings is 1. The summed E-state index contributed by atoms with van der Waals surface area (Å²) in [6.45, 7) is 0. The summed E-state index contributed by atoms with van der Waals surface area (Å²) in [6.07, 6.45) is 1.59. The van der Waals surface area contributed by atoms with E-state index < -0.39 is 4.92 Å². The lowest BCUT2D eigenvalue weighted by atomic mass is 10.5. The van der Waals surface area contributed by atoms with Gasteiger partial charge in [-0.15, -0.1) is 0 Å². The molecule has 0 saturated carbocycles. The smallest absolute Gasteiger partial charge is 0.351 e. The van der Waals surface area contributed by atoms with Crippen molar-refractivity contribution in [1.29, 1.82) is 5.41 Å². The van der Waals surface area contributed by atoms with Crippen LogP contribution in [0.4, 0.5) is 5.82 Å². The third-order valence-corrected chi connectivity index (χ3v) is 2.84. The van der Waals surface area contributed by atoms with Crippen LogP contribution >= 0.6 is 11.8 Å². The number of fused-ring (bicyclic) bond motifs is 1. The van der Waals surface area contributed by atoms with Gasteiger partial charge in [-0.25, -0.2) is 4.98 Å². The van der Waals surface area contributed by atoms with Gasteiger partial charge in [0.2, 0.25) is 5.65 Å². The van der Waals surface area contributed by atoms with Crippen LogP contribution in [-0.2, 0) is 5.75 Å². The highest BCUT2D eigenvalue weighted by Gasteiger charge is 2.21. The van der Waals surface area contributed by atoms with Crippen LogP contribution in [0.15, 0.2) is 24.4 Å². The van der Waals surface area contributed by atoms with E-state index in [1.54, 1.807) is 24.4 Å². The zero-order valence-electron chi connectivity index (χ0n) is 8.66. The summed E-state index contributed by atoms with van der Waals surface area (Å²) in [4.78, 5) is 14.7. The minimum atomic E-state index is -0.476. The van der Waals surface area contributed by atoms with Crippen molar-refractivity contribution in [1.82, 2.24) is 9.38 Å². The van der Waals surface area contributed by atoms with Crippen LogP contribution in [0.25, 0.3) is 5.65 Å². The van der Waals surface area contributed by atoms with Crippen LogP contribution in [0, 0.1) is 15.5 Å². The van der Waals surface area contributed by atoms with Crippen LogP contribution in [0.2, 0.25) is 0 Å². The molecule has 0 fully saturated rings. The molecule has 2 aromatic heterocycles. The van der Waals surface area contributed by atoms with Crippen LogP contribution in [0.3, 0.4) is 0 Å². The number of hydrogen-bond acceptors (Lipinski definition) is 5. The summed E-state index contributed by atoms with van der Waals surface area (Å²) in [5.74, 6) is 0.141. The maximum atomic E-state index is 11.0. The first kappa shape index (κ1) is 11.4. The Bertz CT molecular complexity index is 594. The van der Waals surface area contributed by atoms with Gasteiger partial charge in [0.1, 0.15) is 5.69 Å². The molecule has 2 heterocycles. The highest BCUT2D eigenvalue weighted by molar-refractivity contribution is 8.13. The predicted molar refractivity (Wildman–Crippen MR) is 65.1 cm³/mol. The van der Waals surface area contributed by atoms with E-state index in [2.05, 4.69) is 4.98 Å². The Kier molecular flexibility index (Phi) is 2.96. The fraction of sp³-hybridized carbons (Fsp3) is 0.111. The number of nitrogens with two attached hydrogens (primary N) is 1. The molecule has 0 unspecified atom stereocenters. The van der Waals surface area contributed by atoms with Crippen LogP contribution in [0.1, 0.15) is 5.69 Å². The van der Waals surface area contributed by atoms with Gasteiger partial charge in [-0.2, -0.15) is 4.40 Å². The van der Waals surface area contributed by atoms with E-state index in [1.807, 2.05) is 0 Å². The first-order valence-electron chi connectivity index (χ1n) is 4.67. The number of hydrogen-bond donors (Lipinski definition) is 2. The Labute approximate surface area is 100 Å². The van der Waals surface area contributed by atoms with Gasteiger partial charge in [0.05, 0.1) is 11.9 Å². The number of rotatable bonds is 3. The average molecular weight is 251 g/mol. The fourth-order valence-corrected chi connectivity index (χ4v) is 1.95. The number of nitrogens with zero attached hydrogens (tertiary/aromatic N) is 3.